The summed E-state index contributed by atoms with van der Waals surface area (Å²) >= 11 is 3.37. The van der Waals surface area contributed by atoms with Crippen LogP contribution in [0.15, 0.2) is 53.3 Å². The Kier molecular flexibility index (Phi) is 2.83. The number of carboxylic acids is 1. The van der Waals surface area contributed by atoms with Gasteiger partial charge in [0, 0.05) is 11.8 Å². The number of carbonyl (C=O) groups is 1. The minimum absolute atomic E-state index is 0.243. The van der Waals surface area contributed by atoms with Crippen molar-refractivity contribution in [3.05, 3.63) is 58.8 Å². The van der Waals surface area contributed by atoms with Crippen LogP contribution in [0.5, 0.6) is 0 Å². The van der Waals surface area contributed by atoms with Crippen molar-refractivity contribution >= 4 is 27.4 Å². The zero-order chi connectivity index (χ0) is 13.4. The third-order valence-electron chi connectivity index (χ3n) is 2.88. The van der Waals surface area contributed by atoms with E-state index in [1.807, 2.05) is 34.7 Å². The average Bonchev–Trinajstić information content (AvgIpc) is 2.77. The van der Waals surface area contributed by atoms with Crippen LogP contribution in [0.25, 0.3) is 16.9 Å². The predicted octanol–water partition coefficient (Wildman–Crippen LogP) is 3.46. The van der Waals surface area contributed by atoms with Crippen molar-refractivity contribution in [1.82, 2.24) is 9.38 Å². The van der Waals surface area contributed by atoms with Crippen molar-refractivity contribution in [2.45, 2.75) is 0 Å². The maximum Gasteiger partial charge on any atom is 0.335 e. The van der Waals surface area contributed by atoms with Crippen LogP contribution < -0.4 is 0 Å². The smallest absolute Gasteiger partial charge is 0.335 e. The highest BCUT2D eigenvalue weighted by molar-refractivity contribution is 9.10. The second kappa shape index (κ2) is 4.51. The lowest BCUT2D eigenvalue weighted by atomic mass is 10.2. The molecule has 0 amide bonds. The largest absolute Gasteiger partial charge is 0.478 e. The van der Waals surface area contributed by atoms with E-state index in [9.17, 15) is 4.79 Å². The highest BCUT2D eigenvalue weighted by atomic mass is 79.9. The first-order valence-electron chi connectivity index (χ1n) is 5.63. The summed E-state index contributed by atoms with van der Waals surface area (Å²) in [5.74, 6) is -0.170. The summed E-state index contributed by atoms with van der Waals surface area (Å²) in [4.78, 5) is 15.4. The van der Waals surface area contributed by atoms with Crippen LogP contribution in [-0.4, -0.2) is 20.5 Å². The van der Waals surface area contributed by atoms with Gasteiger partial charge in [-0.05, 0) is 28.1 Å². The molecule has 1 N–H and O–H groups in total. The quantitative estimate of drug-likeness (QED) is 0.787. The number of aromatic carboxylic acids is 1. The summed E-state index contributed by atoms with van der Waals surface area (Å²) in [6.45, 7) is 0. The van der Waals surface area contributed by atoms with Crippen molar-refractivity contribution in [3.8, 4) is 11.4 Å². The molecule has 0 saturated heterocycles. The number of pyridine rings is 1. The number of hydrogen-bond acceptors (Lipinski definition) is 2. The van der Waals surface area contributed by atoms with Crippen molar-refractivity contribution in [2.75, 3.05) is 0 Å². The maximum atomic E-state index is 11.0. The van der Waals surface area contributed by atoms with Gasteiger partial charge in [0.25, 0.3) is 0 Å². The molecule has 3 aromatic rings. The van der Waals surface area contributed by atoms with E-state index in [0.29, 0.717) is 4.60 Å². The van der Waals surface area contributed by atoms with Crippen molar-refractivity contribution < 1.29 is 9.90 Å². The van der Waals surface area contributed by atoms with Crippen LogP contribution in [0, 0.1) is 0 Å². The number of benzene rings is 1. The normalized spacial score (nSPS) is 10.8. The van der Waals surface area contributed by atoms with E-state index in [2.05, 4.69) is 20.9 Å². The fourth-order valence-corrected chi connectivity index (χ4v) is 2.45. The molecule has 0 fully saturated rings. The first kappa shape index (κ1) is 11.9. The molecule has 0 aliphatic rings. The number of imidazole rings is 1. The van der Waals surface area contributed by atoms with Gasteiger partial charge >= 0.3 is 5.97 Å². The molecule has 0 atom stereocenters. The molecule has 0 spiro atoms. The zero-order valence-corrected chi connectivity index (χ0v) is 11.3. The van der Waals surface area contributed by atoms with Gasteiger partial charge in [0.15, 0.2) is 0 Å². The van der Waals surface area contributed by atoms with Gasteiger partial charge in [-0.2, -0.15) is 0 Å². The van der Waals surface area contributed by atoms with Gasteiger partial charge in [-0.25, -0.2) is 9.78 Å². The minimum Gasteiger partial charge on any atom is -0.478 e. The van der Waals surface area contributed by atoms with E-state index in [1.54, 1.807) is 18.3 Å². The molecular weight excluding hydrogens is 308 g/mol. The van der Waals surface area contributed by atoms with Crippen LogP contribution in [0.2, 0.25) is 0 Å². The number of halogens is 1. The standard InChI is InChI=1S/C14H9BrN2O2/c15-12-11-8-10(14(18)19)6-7-17(11)13(16-12)9-4-2-1-3-5-9/h1-8H,(H,18,19). The summed E-state index contributed by atoms with van der Waals surface area (Å²) in [5, 5.41) is 9.01. The van der Waals surface area contributed by atoms with Gasteiger partial charge in [0.2, 0.25) is 0 Å². The fraction of sp³-hybridized carbons (Fsp3) is 0. The molecule has 0 aliphatic heterocycles. The molecule has 1 aromatic carbocycles. The average molecular weight is 317 g/mol. The zero-order valence-electron chi connectivity index (χ0n) is 9.75. The minimum atomic E-state index is -0.947. The van der Waals surface area contributed by atoms with Gasteiger partial charge in [-0.15, -0.1) is 0 Å². The number of fused-ring (bicyclic) bond motifs is 1. The van der Waals surface area contributed by atoms with Gasteiger partial charge in [-0.1, -0.05) is 30.3 Å². The third kappa shape index (κ3) is 2.02. The molecule has 0 unspecified atom stereocenters. The molecule has 2 aromatic heterocycles. The summed E-state index contributed by atoms with van der Waals surface area (Å²) in [6.07, 6.45) is 1.72. The topological polar surface area (TPSA) is 54.6 Å². The van der Waals surface area contributed by atoms with Crippen molar-refractivity contribution in [3.63, 3.8) is 0 Å². The Bertz CT molecular complexity index is 766. The van der Waals surface area contributed by atoms with Crippen LogP contribution in [0.4, 0.5) is 0 Å². The number of carboxylic acid groups (broad SMARTS) is 1. The first-order chi connectivity index (χ1) is 9.16. The summed E-state index contributed by atoms with van der Waals surface area (Å²) < 4.78 is 2.50. The Balaban J connectivity index is 2.26. The lowest BCUT2D eigenvalue weighted by molar-refractivity contribution is 0.0697. The Morgan fingerprint density at radius 1 is 1.21 bits per heavy atom. The van der Waals surface area contributed by atoms with E-state index < -0.39 is 5.97 Å². The van der Waals surface area contributed by atoms with Gasteiger partial charge in [-0.3, -0.25) is 4.40 Å². The van der Waals surface area contributed by atoms with Crippen LogP contribution in [0.3, 0.4) is 0 Å². The predicted molar refractivity (Wildman–Crippen MR) is 75.3 cm³/mol. The number of rotatable bonds is 2. The van der Waals surface area contributed by atoms with Gasteiger partial charge < -0.3 is 5.11 Å². The fourth-order valence-electron chi connectivity index (χ4n) is 1.97. The molecule has 3 rings (SSSR count). The second-order valence-corrected chi connectivity index (χ2v) is 4.82. The highest BCUT2D eigenvalue weighted by Gasteiger charge is 2.13. The highest BCUT2D eigenvalue weighted by Crippen LogP contribution is 2.26. The molecule has 2 heterocycles. The third-order valence-corrected chi connectivity index (χ3v) is 3.46. The molecule has 0 saturated carbocycles. The molecule has 5 heteroatoms. The molecule has 4 nitrogen and oxygen atoms in total. The Morgan fingerprint density at radius 2 is 1.95 bits per heavy atom. The Labute approximate surface area is 117 Å². The van der Waals surface area contributed by atoms with Crippen molar-refractivity contribution in [1.29, 1.82) is 0 Å². The van der Waals surface area contributed by atoms with Crippen molar-refractivity contribution in [2.24, 2.45) is 0 Å². The number of hydrogen-bond donors (Lipinski definition) is 1. The molecule has 0 aliphatic carbocycles. The Hall–Kier alpha value is -2.14. The Morgan fingerprint density at radius 3 is 2.63 bits per heavy atom. The van der Waals surface area contributed by atoms with E-state index in [4.69, 9.17) is 5.11 Å². The number of nitrogens with zero attached hydrogens (tertiary/aromatic N) is 2. The van der Waals surface area contributed by atoms with E-state index in [1.165, 1.54) is 0 Å². The second-order valence-electron chi connectivity index (χ2n) is 4.07. The monoisotopic (exact) mass is 316 g/mol. The van der Waals surface area contributed by atoms with E-state index in [-0.39, 0.29) is 5.56 Å². The van der Waals surface area contributed by atoms with E-state index in [0.717, 1.165) is 16.9 Å². The lowest BCUT2D eigenvalue weighted by Crippen LogP contribution is -1.97. The maximum absolute atomic E-state index is 11.0. The van der Waals surface area contributed by atoms with E-state index >= 15 is 0 Å². The molecule has 0 bridgehead atoms. The van der Waals surface area contributed by atoms with Gasteiger partial charge in [0.05, 0.1) is 11.1 Å². The SMILES string of the molecule is O=C(O)c1ccn2c(-c3ccccc3)nc(Br)c2c1. The summed E-state index contributed by atoms with van der Waals surface area (Å²) in [7, 11) is 0. The summed E-state index contributed by atoms with van der Waals surface area (Å²) in [6, 6.07) is 12.9. The number of aromatic nitrogens is 2. The molecule has 94 valence electrons. The van der Waals surface area contributed by atoms with Crippen LogP contribution in [0.1, 0.15) is 10.4 Å². The molecule has 0 radical (unpaired) electrons. The first-order valence-corrected chi connectivity index (χ1v) is 6.42. The van der Waals surface area contributed by atoms with Crippen LogP contribution >= 0.6 is 15.9 Å². The molecule has 19 heavy (non-hydrogen) atoms. The summed E-state index contributed by atoms with van der Waals surface area (Å²) in [5.41, 5.74) is 1.96. The molecular formula is C14H9BrN2O2. The lowest BCUT2D eigenvalue weighted by Gasteiger charge is -2.02. The van der Waals surface area contributed by atoms with Gasteiger partial charge in [0.1, 0.15) is 10.4 Å². The van der Waals surface area contributed by atoms with Crippen LogP contribution in [-0.2, 0) is 0 Å².